The van der Waals surface area contributed by atoms with Gasteiger partial charge in [0.1, 0.15) is 12.4 Å². The van der Waals surface area contributed by atoms with Crippen LogP contribution < -0.4 is 61.6 Å². The largest absolute Gasteiger partial charge is 1.00 e. The third kappa shape index (κ3) is 5.30. The summed E-state index contributed by atoms with van der Waals surface area (Å²) in [5, 5.41) is 1.25. The first-order valence-electron chi connectivity index (χ1n) is 6.02. The molecule has 0 bridgehead atoms. The summed E-state index contributed by atoms with van der Waals surface area (Å²) in [6, 6.07) is 8.69. The van der Waals surface area contributed by atoms with Gasteiger partial charge in [0.2, 0.25) is 0 Å². The molecule has 0 amide bonds. The summed E-state index contributed by atoms with van der Waals surface area (Å²) in [6.07, 6.45) is 0. The van der Waals surface area contributed by atoms with Gasteiger partial charge in [-0.1, -0.05) is 35.9 Å². The molecule has 0 N–H and O–H groups in total. The molecule has 2 rings (SSSR count). The van der Waals surface area contributed by atoms with Crippen LogP contribution in [0.15, 0.2) is 47.5 Å². The number of rotatable bonds is 4. The van der Waals surface area contributed by atoms with Crippen molar-refractivity contribution in [3.8, 4) is 5.75 Å². The van der Waals surface area contributed by atoms with E-state index in [2.05, 4.69) is 0 Å². The van der Waals surface area contributed by atoms with E-state index in [1.807, 2.05) is 6.92 Å². The molecule has 0 aliphatic heterocycles. The minimum absolute atomic E-state index is 0. The third-order valence-corrected chi connectivity index (χ3v) is 3.24. The molecule has 0 radical (unpaired) electrons. The average Bonchev–Trinajstić information content (AvgIpc) is 2.42. The van der Waals surface area contributed by atoms with Crippen molar-refractivity contribution in [2.75, 3.05) is 6.61 Å². The minimum atomic E-state index is -4.97. The fraction of sp³-hybridized carbons (Fsp3) is 0.143. The van der Waals surface area contributed by atoms with Gasteiger partial charge in [-0.2, -0.15) is 0 Å². The van der Waals surface area contributed by atoms with Crippen molar-refractivity contribution in [2.45, 2.75) is 6.92 Å². The summed E-state index contributed by atoms with van der Waals surface area (Å²) in [5.74, 6) is 0.598. The monoisotopic (exact) mass is 338 g/mol. The summed E-state index contributed by atoms with van der Waals surface area (Å²) in [5.41, 5.74) is 1.70. The predicted molar refractivity (Wildman–Crippen MR) is 77.8 cm³/mol. The average molecular weight is 339 g/mol. The Morgan fingerprint density at radius 1 is 1.14 bits per heavy atom. The summed E-state index contributed by atoms with van der Waals surface area (Å²) in [4.78, 5) is 0. The first-order valence-corrected chi connectivity index (χ1v) is 6.46. The van der Waals surface area contributed by atoms with Crippen LogP contribution in [0.25, 0.3) is 10.8 Å². The molecule has 0 atom stereocenters. The Bertz CT molecular complexity index is 658. The molecule has 2 aromatic carbocycles. The zero-order valence-electron chi connectivity index (χ0n) is 11.7. The molecule has 21 heavy (non-hydrogen) atoms. The molecular weight excluding hydrogens is 327 g/mol. The quantitative estimate of drug-likeness (QED) is 0.766. The molecule has 0 unspecified atom stereocenters. The van der Waals surface area contributed by atoms with Gasteiger partial charge in [-0.05, 0) is 35.4 Å². The van der Waals surface area contributed by atoms with E-state index >= 15 is 0 Å². The van der Waals surface area contributed by atoms with Crippen molar-refractivity contribution < 1.29 is 69.1 Å². The van der Waals surface area contributed by atoms with Crippen LogP contribution in [0.3, 0.4) is 0 Å². The SMILES string of the molecule is C/C(=C/Cl)COc1ccc2cc([B-](F)(F)F)ccc2c1.[K+]. The van der Waals surface area contributed by atoms with Crippen LogP contribution in [0.2, 0.25) is 0 Å². The maximum absolute atomic E-state index is 12.7. The van der Waals surface area contributed by atoms with Crippen LogP contribution >= 0.6 is 11.6 Å². The van der Waals surface area contributed by atoms with Crippen LogP contribution in [0, 0.1) is 0 Å². The van der Waals surface area contributed by atoms with E-state index in [1.54, 1.807) is 18.2 Å². The van der Waals surface area contributed by atoms with Gasteiger partial charge in [0.25, 0.3) is 0 Å². The Morgan fingerprint density at radius 2 is 1.76 bits per heavy atom. The van der Waals surface area contributed by atoms with E-state index in [0.717, 1.165) is 17.7 Å². The molecule has 2 aromatic rings. The summed E-state index contributed by atoms with van der Waals surface area (Å²) < 4.78 is 43.5. The molecule has 7 heteroatoms. The van der Waals surface area contributed by atoms with Gasteiger partial charge in [-0.25, -0.2) is 0 Å². The van der Waals surface area contributed by atoms with Crippen molar-refractivity contribution in [3.05, 3.63) is 47.5 Å². The second-order valence-corrected chi connectivity index (χ2v) is 4.81. The molecule has 106 valence electrons. The van der Waals surface area contributed by atoms with Crippen molar-refractivity contribution >= 4 is 34.8 Å². The molecule has 0 saturated heterocycles. The number of hydrogen-bond acceptors (Lipinski definition) is 1. The number of ether oxygens (including phenoxy) is 1. The van der Waals surface area contributed by atoms with Crippen LogP contribution in [0.1, 0.15) is 6.92 Å². The van der Waals surface area contributed by atoms with Gasteiger partial charge in [0, 0.05) is 5.54 Å². The Labute approximate surface area is 169 Å². The van der Waals surface area contributed by atoms with Crippen molar-refractivity contribution in [2.24, 2.45) is 0 Å². The third-order valence-electron chi connectivity index (χ3n) is 2.87. The van der Waals surface area contributed by atoms with Crippen LogP contribution in [-0.2, 0) is 0 Å². The summed E-state index contributed by atoms with van der Waals surface area (Å²) >= 11 is 5.53. The number of halogens is 4. The molecule has 0 aromatic heterocycles. The van der Waals surface area contributed by atoms with E-state index < -0.39 is 12.4 Å². The standard InChI is InChI=1S/C14H12BClF3O.K/c1-10(8-16)9-20-14-5-3-11-6-13(15(17,18)19)4-2-12(11)7-14;/h2-8H,9H2,1H3;/q-1;+1/b10-8-;. The van der Waals surface area contributed by atoms with Gasteiger partial charge in [-0.3, -0.25) is 0 Å². The number of hydrogen-bond donors (Lipinski definition) is 0. The molecular formula is C14H12BClF3KO. The molecule has 0 spiro atoms. The van der Waals surface area contributed by atoms with Gasteiger partial charge in [0.05, 0.1) is 0 Å². The minimum Gasteiger partial charge on any atom is -0.489 e. The Kier molecular flexibility index (Phi) is 7.30. The van der Waals surface area contributed by atoms with E-state index in [4.69, 9.17) is 16.3 Å². The second kappa shape index (κ2) is 8.04. The zero-order chi connectivity index (χ0) is 14.8. The van der Waals surface area contributed by atoms with Crippen LogP contribution in [0.4, 0.5) is 12.9 Å². The van der Waals surface area contributed by atoms with E-state index in [1.165, 1.54) is 11.6 Å². The molecule has 1 nitrogen and oxygen atoms in total. The van der Waals surface area contributed by atoms with E-state index in [0.29, 0.717) is 23.1 Å². The van der Waals surface area contributed by atoms with E-state index in [-0.39, 0.29) is 51.4 Å². The van der Waals surface area contributed by atoms with Crippen molar-refractivity contribution in [3.63, 3.8) is 0 Å². The zero-order valence-corrected chi connectivity index (χ0v) is 15.6. The first kappa shape index (κ1) is 19.1. The summed E-state index contributed by atoms with van der Waals surface area (Å²) in [7, 11) is 0. The molecule has 0 fully saturated rings. The first-order chi connectivity index (χ1) is 9.40. The Hall–Kier alpha value is 0.0213. The Morgan fingerprint density at radius 3 is 2.38 bits per heavy atom. The fourth-order valence-corrected chi connectivity index (χ4v) is 1.83. The van der Waals surface area contributed by atoms with Crippen LogP contribution in [0.5, 0.6) is 5.75 Å². The molecule has 0 heterocycles. The fourth-order valence-electron chi connectivity index (χ4n) is 1.76. The molecule has 0 saturated carbocycles. The predicted octanol–water partition coefficient (Wildman–Crippen LogP) is 1.42. The maximum atomic E-state index is 12.7. The molecule has 0 aliphatic rings. The smallest absolute Gasteiger partial charge is 0.489 e. The second-order valence-electron chi connectivity index (χ2n) is 4.59. The summed E-state index contributed by atoms with van der Waals surface area (Å²) in [6.45, 7) is -2.80. The van der Waals surface area contributed by atoms with Crippen molar-refractivity contribution in [1.29, 1.82) is 0 Å². The van der Waals surface area contributed by atoms with Gasteiger partial charge < -0.3 is 17.7 Å². The Balaban J connectivity index is 0.00000220. The van der Waals surface area contributed by atoms with Gasteiger partial charge in [-0.15, -0.1) is 5.46 Å². The van der Waals surface area contributed by atoms with Crippen molar-refractivity contribution in [1.82, 2.24) is 0 Å². The van der Waals surface area contributed by atoms with E-state index in [9.17, 15) is 12.9 Å². The van der Waals surface area contributed by atoms with Gasteiger partial charge >= 0.3 is 58.4 Å². The van der Waals surface area contributed by atoms with Crippen LogP contribution in [-0.4, -0.2) is 13.6 Å². The normalized spacial score (nSPS) is 12.1. The van der Waals surface area contributed by atoms with Gasteiger partial charge in [0.15, 0.2) is 0 Å². The number of fused-ring (bicyclic) bond motifs is 1. The topological polar surface area (TPSA) is 9.23 Å². The maximum Gasteiger partial charge on any atom is 1.00 e. The molecule has 0 aliphatic carbocycles. The number of benzene rings is 2.